The zero-order valence-corrected chi connectivity index (χ0v) is 15.4. The number of nitro benzene ring substituents is 1. The van der Waals surface area contributed by atoms with Gasteiger partial charge >= 0.3 is 0 Å². The van der Waals surface area contributed by atoms with Crippen LogP contribution < -0.4 is 4.72 Å². The predicted molar refractivity (Wildman–Crippen MR) is 101 cm³/mol. The van der Waals surface area contributed by atoms with E-state index in [-0.39, 0.29) is 15.7 Å². The molecule has 1 heterocycles. The van der Waals surface area contributed by atoms with Crippen LogP contribution in [0.25, 0.3) is 11.3 Å². The first-order chi connectivity index (χ1) is 12.4. The van der Waals surface area contributed by atoms with E-state index in [4.69, 9.17) is 0 Å². The number of nitrogens with one attached hydrogen (secondary N) is 1. The Morgan fingerprint density at radius 1 is 1.12 bits per heavy atom. The van der Waals surface area contributed by atoms with Gasteiger partial charge in [-0.15, -0.1) is 11.3 Å². The number of rotatable bonds is 6. The van der Waals surface area contributed by atoms with Gasteiger partial charge in [0.2, 0.25) is 0 Å². The molecule has 0 aliphatic carbocycles. The number of nitro groups is 1. The van der Waals surface area contributed by atoms with E-state index in [9.17, 15) is 18.5 Å². The van der Waals surface area contributed by atoms with Gasteiger partial charge in [0.25, 0.3) is 15.7 Å². The summed E-state index contributed by atoms with van der Waals surface area (Å²) in [5.74, 6) is 0. The third kappa shape index (κ3) is 3.89. The van der Waals surface area contributed by atoms with Crippen molar-refractivity contribution in [3.8, 4) is 11.3 Å². The molecule has 26 heavy (non-hydrogen) atoms. The first-order valence-electron chi connectivity index (χ1n) is 7.71. The average Bonchev–Trinajstić information content (AvgIpc) is 3.09. The number of anilines is 1. The first-order valence-corrected chi connectivity index (χ1v) is 10.1. The lowest BCUT2D eigenvalue weighted by molar-refractivity contribution is -0.384. The Hall–Kier alpha value is -2.78. The number of non-ortho nitro benzene ring substituents is 1. The Bertz CT molecular complexity index is 1030. The molecule has 0 radical (unpaired) electrons. The van der Waals surface area contributed by atoms with E-state index in [0.29, 0.717) is 5.69 Å². The van der Waals surface area contributed by atoms with Crippen LogP contribution in [0.2, 0.25) is 0 Å². The molecule has 3 rings (SSSR count). The van der Waals surface area contributed by atoms with Crippen LogP contribution in [0.15, 0.2) is 58.8 Å². The molecular weight excluding hydrogens is 374 g/mol. The monoisotopic (exact) mass is 389 g/mol. The number of sulfonamides is 1. The SMILES string of the molecule is CCc1ccc(-c2csc(NS(=O)(=O)c3ccc([N+](=O)[O-])cc3)n2)cc1. The highest BCUT2D eigenvalue weighted by Crippen LogP contribution is 2.27. The topological polar surface area (TPSA) is 102 Å². The van der Waals surface area contributed by atoms with E-state index >= 15 is 0 Å². The fraction of sp³-hybridized carbons (Fsp3) is 0.118. The third-order valence-corrected chi connectivity index (χ3v) is 5.98. The number of nitrogens with zero attached hydrogens (tertiary/aromatic N) is 2. The van der Waals surface area contributed by atoms with Crippen molar-refractivity contribution < 1.29 is 13.3 Å². The van der Waals surface area contributed by atoms with Crippen LogP contribution in [0.3, 0.4) is 0 Å². The van der Waals surface area contributed by atoms with Gasteiger partial charge in [-0.1, -0.05) is 31.2 Å². The number of benzene rings is 2. The van der Waals surface area contributed by atoms with Gasteiger partial charge < -0.3 is 0 Å². The summed E-state index contributed by atoms with van der Waals surface area (Å²) in [6, 6.07) is 12.6. The van der Waals surface area contributed by atoms with Crippen molar-refractivity contribution in [2.24, 2.45) is 0 Å². The Balaban J connectivity index is 1.79. The molecule has 0 atom stereocenters. The van der Waals surface area contributed by atoms with Crippen LogP contribution in [0, 0.1) is 10.1 Å². The lowest BCUT2D eigenvalue weighted by atomic mass is 10.1. The molecule has 0 spiro atoms. The number of thiazole rings is 1. The van der Waals surface area contributed by atoms with Crippen molar-refractivity contribution in [3.05, 3.63) is 69.6 Å². The van der Waals surface area contributed by atoms with Gasteiger partial charge in [-0.05, 0) is 24.1 Å². The third-order valence-electron chi connectivity index (χ3n) is 3.74. The minimum Gasteiger partial charge on any atom is -0.258 e. The minimum atomic E-state index is -3.86. The summed E-state index contributed by atoms with van der Waals surface area (Å²) in [6.45, 7) is 2.07. The molecule has 9 heteroatoms. The molecule has 7 nitrogen and oxygen atoms in total. The van der Waals surface area contributed by atoms with Crippen LogP contribution >= 0.6 is 11.3 Å². The van der Waals surface area contributed by atoms with Gasteiger partial charge in [-0.3, -0.25) is 14.8 Å². The standard InChI is InChI=1S/C17H15N3O4S2/c1-2-12-3-5-13(6-4-12)16-11-25-17(18-16)19-26(23,24)15-9-7-14(8-10-15)20(21)22/h3-11H,2H2,1H3,(H,18,19). The number of hydrogen-bond acceptors (Lipinski definition) is 6. The zero-order chi connectivity index (χ0) is 18.7. The fourth-order valence-electron chi connectivity index (χ4n) is 2.29. The maximum atomic E-state index is 12.4. The van der Waals surface area contributed by atoms with Crippen molar-refractivity contribution in [1.29, 1.82) is 0 Å². The molecule has 2 aromatic carbocycles. The molecule has 1 aromatic heterocycles. The largest absolute Gasteiger partial charge is 0.269 e. The highest BCUT2D eigenvalue weighted by molar-refractivity contribution is 7.93. The van der Waals surface area contributed by atoms with Gasteiger partial charge in [-0.25, -0.2) is 13.4 Å². The fourth-order valence-corrected chi connectivity index (χ4v) is 4.26. The van der Waals surface area contributed by atoms with Crippen molar-refractivity contribution >= 4 is 32.2 Å². The highest BCUT2D eigenvalue weighted by atomic mass is 32.2. The molecule has 0 saturated carbocycles. The molecular formula is C17H15N3O4S2. The maximum Gasteiger partial charge on any atom is 0.269 e. The Labute approximate surface area is 154 Å². The van der Waals surface area contributed by atoms with Gasteiger partial charge in [0, 0.05) is 23.1 Å². The van der Waals surface area contributed by atoms with Crippen molar-refractivity contribution in [1.82, 2.24) is 4.98 Å². The number of aryl methyl sites for hydroxylation is 1. The van der Waals surface area contributed by atoms with E-state index in [2.05, 4.69) is 16.6 Å². The van der Waals surface area contributed by atoms with Crippen LogP contribution in [-0.4, -0.2) is 18.3 Å². The summed E-state index contributed by atoms with van der Waals surface area (Å²) in [4.78, 5) is 14.3. The van der Waals surface area contributed by atoms with Crippen molar-refractivity contribution in [3.63, 3.8) is 0 Å². The summed E-state index contributed by atoms with van der Waals surface area (Å²) >= 11 is 1.17. The highest BCUT2D eigenvalue weighted by Gasteiger charge is 2.18. The second-order valence-electron chi connectivity index (χ2n) is 5.44. The minimum absolute atomic E-state index is 0.0628. The van der Waals surface area contributed by atoms with Crippen LogP contribution in [-0.2, 0) is 16.4 Å². The summed E-state index contributed by atoms with van der Waals surface area (Å²) < 4.78 is 27.2. The van der Waals surface area contributed by atoms with Gasteiger partial charge in [0.05, 0.1) is 15.5 Å². The summed E-state index contributed by atoms with van der Waals surface area (Å²) in [6.07, 6.45) is 0.942. The van der Waals surface area contributed by atoms with Crippen LogP contribution in [0.4, 0.5) is 10.8 Å². The molecule has 0 fully saturated rings. The van der Waals surface area contributed by atoms with E-state index in [1.54, 1.807) is 5.38 Å². The number of aromatic nitrogens is 1. The lowest BCUT2D eigenvalue weighted by Gasteiger charge is -2.04. The summed E-state index contributed by atoms with van der Waals surface area (Å²) in [5, 5.41) is 12.7. The second-order valence-corrected chi connectivity index (χ2v) is 7.99. The van der Waals surface area contributed by atoms with Crippen molar-refractivity contribution in [2.45, 2.75) is 18.2 Å². The number of hydrogen-bond donors (Lipinski definition) is 1. The normalized spacial score (nSPS) is 11.3. The van der Waals surface area contributed by atoms with Crippen LogP contribution in [0.1, 0.15) is 12.5 Å². The van der Waals surface area contributed by atoms with E-state index in [0.717, 1.165) is 24.1 Å². The molecule has 0 amide bonds. The van der Waals surface area contributed by atoms with Crippen molar-refractivity contribution in [2.75, 3.05) is 4.72 Å². The van der Waals surface area contributed by atoms with E-state index < -0.39 is 14.9 Å². The second kappa shape index (κ2) is 7.22. The molecule has 0 bridgehead atoms. The Morgan fingerprint density at radius 3 is 2.35 bits per heavy atom. The summed E-state index contributed by atoms with van der Waals surface area (Å²) in [7, 11) is -3.86. The molecule has 0 unspecified atom stereocenters. The maximum absolute atomic E-state index is 12.4. The molecule has 0 aliphatic heterocycles. The Kier molecular flexibility index (Phi) is 5.01. The zero-order valence-electron chi connectivity index (χ0n) is 13.7. The lowest BCUT2D eigenvalue weighted by Crippen LogP contribution is -2.12. The average molecular weight is 389 g/mol. The predicted octanol–water partition coefficient (Wildman–Crippen LogP) is 4.08. The van der Waals surface area contributed by atoms with Gasteiger partial charge in [0.15, 0.2) is 5.13 Å². The smallest absolute Gasteiger partial charge is 0.258 e. The molecule has 3 aromatic rings. The summed E-state index contributed by atoms with van der Waals surface area (Å²) in [5.41, 5.74) is 2.62. The molecule has 0 aliphatic rings. The quantitative estimate of drug-likeness (QED) is 0.505. The van der Waals surface area contributed by atoms with Crippen LogP contribution in [0.5, 0.6) is 0 Å². The van der Waals surface area contributed by atoms with Gasteiger partial charge in [-0.2, -0.15) is 0 Å². The molecule has 0 saturated heterocycles. The molecule has 1 N–H and O–H groups in total. The van der Waals surface area contributed by atoms with E-state index in [1.807, 2.05) is 24.3 Å². The Morgan fingerprint density at radius 2 is 1.77 bits per heavy atom. The first kappa shape index (κ1) is 18.0. The molecule has 134 valence electrons. The van der Waals surface area contributed by atoms with Gasteiger partial charge in [0.1, 0.15) is 0 Å². The van der Waals surface area contributed by atoms with E-state index in [1.165, 1.54) is 29.0 Å².